The van der Waals surface area contributed by atoms with E-state index in [0.29, 0.717) is 51.1 Å². The van der Waals surface area contributed by atoms with Crippen LogP contribution in [-0.2, 0) is 12.7 Å². The summed E-state index contributed by atoms with van der Waals surface area (Å²) in [6.45, 7) is 3.84. The molecule has 0 amide bonds. The van der Waals surface area contributed by atoms with Crippen molar-refractivity contribution in [3.63, 3.8) is 0 Å². The Balaban J connectivity index is 1.35. The van der Waals surface area contributed by atoms with Crippen molar-refractivity contribution in [3.8, 4) is 22.9 Å². The summed E-state index contributed by atoms with van der Waals surface area (Å²) < 4.78 is 52.1. The third-order valence-electron chi connectivity index (χ3n) is 6.45. The van der Waals surface area contributed by atoms with Gasteiger partial charge in [0.15, 0.2) is 22.8 Å². The number of aromatic nitrogens is 5. The summed E-state index contributed by atoms with van der Waals surface area (Å²) in [5.41, 5.74) is 2.99. The number of anilines is 2. The molecule has 0 saturated heterocycles. The van der Waals surface area contributed by atoms with Gasteiger partial charge in [-0.1, -0.05) is 35.5 Å². The summed E-state index contributed by atoms with van der Waals surface area (Å²) in [6, 6.07) is 21.9. The zero-order valence-electron chi connectivity index (χ0n) is 22.0. The van der Waals surface area contributed by atoms with Crippen LogP contribution in [-0.4, -0.2) is 24.7 Å². The first-order chi connectivity index (χ1) is 19.7. The number of nitrogens with zero attached hydrogens (tertiary/aromatic N) is 5. The van der Waals surface area contributed by atoms with Gasteiger partial charge in [-0.15, -0.1) is 0 Å². The molecule has 0 aliphatic carbocycles. The number of halogens is 3. The first-order valence-corrected chi connectivity index (χ1v) is 12.7. The summed E-state index contributed by atoms with van der Waals surface area (Å²) in [4.78, 5) is 14.1. The second-order valence-corrected chi connectivity index (χ2v) is 9.40. The van der Waals surface area contributed by atoms with Crippen molar-refractivity contribution < 1.29 is 22.4 Å². The molecule has 3 aromatic carbocycles. The van der Waals surface area contributed by atoms with Gasteiger partial charge in [0.2, 0.25) is 0 Å². The van der Waals surface area contributed by atoms with Crippen molar-refractivity contribution >= 4 is 22.7 Å². The SMILES string of the molecule is Cc1noc(C)c1-c1nc(Nc2ccc(Oc3ccccc3)cc2)c2ncn(Cc3ccc(C(F)(F)F)cc3)c2n1. The molecule has 0 aliphatic rings. The Labute approximate surface area is 232 Å². The second-order valence-electron chi connectivity index (χ2n) is 9.40. The van der Waals surface area contributed by atoms with Gasteiger partial charge in [-0.25, -0.2) is 15.0 Å². The van der Waals surface area contributed by atoms with E-state index in [2.05, 4.69) is 15.5 Å². The normalized spacial score (nSPS) is 11.6. The lowest BCUT2D eigenvalue weighted by atomic mass is 10.1. The lowest BCUT2D eigenvalue weighted by molar-refractivity contribution is -0.137. The Morgan fingerprint density at radius 1 is 0.878 bits per heavy atom. The minimum atomic E-state index is -4.40. The lowest BCUT2D eigenvalue weighted by Crippen LogP contribution is -2.06. The van der Waals surface area contributed by atoms with Crippen molar-refractivity contribution in [2.45, 2.75) is 26.6 Å². The summed E-state index contributed by atoms with van der Waals surface area (Å²) in [6.07, 6.45) is -2.81. The van der Waals surface area contributed by atoms with Crippen molar-refractivity contribution in [1.82, 2.24) is 24.7 Å². The number of hydrogen-bond donors (Lipinski definition) is 1. The molecule has 0 fully saturated rings. The fourth-order valence-corrected chi connectivity index (χ4v) is 4.42. The third-order valence-corrected chi connectivity index (χ3v) is 6.45. The number of rotatable bonds is 7. The van der Waals surface area contributed by atoms with Crippen LogP contribution in [0.25, 0.3) is 22.6 Å². The smallest absolute Gasteiger partial charge is 0.416 e. The van der Waals surface area contributed by atoms with E-state index in [0.717, 1.165) is 23.6 Å². The fourth-order valence-electron chi connectivity index (χ4n) is 4.42. The van der Waals surface area contributed by atoms with Crippen LogP contribution in [0, 0.1) is 13.8 Å². The highest BCUT2D eigenvalue weighted by molar-refractivity contribution is 5.87. The molecule has 41 heavy (non-hydrogen) atoms. The molecule has 6 rings (SSSR count). The molecule has 3 heterocycles. The van der Waals surface area contributed by atoms with E-state index in [9.17, 15) is 13.2 Å². The first-order valence-electron chi connectivity index (χ1n) is 12.7. The Hall–Kier alpha value is -5.19. The number of imidazole rings is 1. The number of fused-ring (bicyclic) bond motifs is 1. The van der Waals surface area contributed by atoms with E-state index in [1.54, 1.807) is 24.7 Å². The van der Waals surface area contributed by atoms with E-state index >= 15 is 0 Å². The van der Waals surface area contributed by atoms with Gasteiger partial charge in [0.1, 0.15) is 17.3 Å². The predicted molar refractivity (Wildman–Crippen MR) is 147 cm³/mol. The van der Waals surface area contributed by atoms with Gasteiger partial charge >= 0.3 is 6.18 Å². The monoisotopic (exact) mass is 556 g/mol. The summed E-state index contributed by atoms with van der Waals surface area (Å²) in [7, 11) is 0. The molecule has 0 aliphatic heterocycles. The molecule has 3 aromatic heterocycles. The molecule has 0 bridgehead atoms. The van der Waals surface area contributed by atoms with E-state index in [1.807, 2.05) is 54.6 Å². The topological polar surface area (TPSA) is 90.9 Å². The average molecular weight is 557 g/mol. The Bertz CT molecular complexity index is 1790. The third kappa shape index (κ3) is 5.46. The predicted octanol–water partition coefficient (Wildman–Crippen LogP) is 7.70. The molecular formula is C30H23F3N6O2. The summed E-state index contributed by atoms with van der Waals surface area (Å²) in [5, 5.41) is 7.35. The zero-order valence-corrected chi connectivity index (χ0v) is 22.0. The van der Waals surface area contributed by atoms with Crippen LogP contribution in [0.4, 0.5) is 24.7 Å². The van der Waals surface area contributed by atoms with E-state index < -0.39 is 11.7 Å². The number of para-hydroxylation sites is 1. The maximum atomic E-state index is 13.0. The largest absolute Gasteiger partial charge is 0.457 e. The van der Waals surface area contributed by atoms with Gasteiger partial charge in [0, 0.05) is 5.69 Å². The standard InChI is InChI=1S/C30H23F3N6O2/c1-18-25(19(2)41-38-18)27-36-28(35-22-12-14-24(15-13-22)40-23-6-4-3-5-7-23)26-29(37-27)39(17-34-26)16-20-8-10-21(11-9-20)30(31,32)33/h3-15,17H,16H2,1-2H3,(H,35,36,37). The van der Waals surface area contributed by atoms with E-state index in [1.165, 1.54) is 12.1 Å². The molecular weight excluding hydrogens is 533 g/mol. The van der Waals surface area contributed by atoms with Crippen LogP contribution >= 0.6 is 0 Å². The summed E-state index contributed by atoms with van der Waals surface area (Å²) >= 11 is 0. The molecule has 0 radical (unpaired) electrons. The van der Waals surface area contributed by atoms with Crippen LogP contribution in [0.15, 0.2) is 89.7 Å². The highest BCUT2D eigenvalue weighted by Crippen LogP contribution is 2.32. The molecule has 0 spiro atoms. The van der Waals surface area contributed by atoms with Crippen LogP contribution in [0.2, 0.25) is 0 Å². The highest BCUT2D eigenvalue weighted by atomic mass is 19.4. The number of hydrogen-bond acceptors (Lipinski definition) is 7. The van der Waals surface area contributed by atoms with Crippen molar-refractivity contribution in [1.29, 1.82) is 0 Å². The van der Waals surface area contributed by atoms with Gasteiger partial charge in [-0.3, -0.25) is 0 Å². The molecule has 0 unspecified atom stereocenters. The molecule has 8 nitrogen and oxygen atoms in total. The van der Waals surface area contributed by atoms with Gasteiger partial charge in [-0.05, 0) is 67.9 Å². The average Bonchev–Trinajstić information content (AvgIpc) is 3.52. The zero-order chi connectivity index (χ0) is 28.6. The highest BCUT2D eigenvalue weighted by Gasteiger charge is 2.30. The Kier molecular flexibility index (Phi) is 6.62. The molecule has 0 atom stereocenters. The number of nitrogens with one attached hydrogen (secondary N) is 1. The number of benzene rings is 3. The maximum absolute atomic E-state index is 13.0. The van der Waals surface area contributed by atoms with Crippen LogP contribution in [0.5, 0.6) is 11.5 Å². The molecule has 1 N–H and O–H groups in total. The number of ether oxygens (including phenoxy) is 1. The van der Waals surface area contributed by atoms with Gasteiger partial charge in [-0.2, -0.15) is 13.2 Å². The molecule has 11 heteroatoms. The van der Waals surface area contributed by atoms with E-state index in [-0.39, 0.29) is 6.54 Å². The number of alkyl halides is 3. The molecule has 206 valence electrons. The quantitative estimate of drug-likeness (QED) is 0.215. The Morgan fingerprint density at radius 3 is 2.24 bits per heavy atom. The van der Waals surface area contributed by atoms with Gasteiger partial charge < -0.3 is 19.1 Å². The van der Waals surface area contributed by atoms with Crippen LogP contribution < -0.4 is 10.1 Å². The second kappa shape index (κ2) is 10.4. The first kappa shape index (κ1) is 26.1. The van der Waals surface area contributed by atoms with Gasteiger partial charge in [0.25, 0.3) is 0 Å². The van der Waals surface area contributed by atoms with Crippen molar-refractivity contribution in [2.24, 2.45) is 0 Å². The molecule has 0 saturated carbocycles. The van der Waals surface area contributed by atoms with Crippen LogP contribution in [0.1, 0.15) is 22.6 Å². The maximum Gasteiger partial charge on any atom is 0.416 e. The van der Waals surface area contributed by atoms with Crippen LogP contribution in [0.3, 0.4) is 0 Å². The lowest BCUT2D eigenvalue weighted by Gasteiger charge is -2.11. The fraction of sp³-hybridized carbons (Fsp3) is 0.133. The minimum absolute atomic E-state index is 0.262. The number of aryl methyl sites for hydroxylation is 2. The van der Waals surface area contributed by atoms with Crippen molar-refractivity contribution in [2.75, 3.05) is 5.32 Å². The summed E-state index contributed by atoms with van der Waals surface area (Å²) in [5.74, 6) is 2.80. The molecule has 6 aromatic rings. The minimum Gasteiger partial charge on any atom is -0.457 e. The van der Waals surface area contributed by atoms with E-state index in [4.69, 9.17) is 19.2 Å². The van der Waals surface area contributed by atoms with Crippen molar-refractivity contribution in [3.05, 3.63) is 108 Å². The van der Waals surface area contributed by atoms with Gasteiger partial charge in [0.05, 0.1) is 29.7 Å². The Morgan fingerprint density at radius 2 is 1.59 bits per heavy atom.